The third kappa shape index (κ3) is 9.43. The normalized spacial score (nSPS) is 11.9. The summed E-state index contributed by atoms with van der Waals surface area (Å²) in [6.45, 7) is 4.32. The Bertz CT molecular complexity index is 152. The van der Waals surface area contributed by atoms with Crippen LogP contribution in [0.1, 0.15) is 58.8 Å². The molecule has 0 aliphatic rings. The van der Waals surface area contributed by atoms with Crippen LogP contribution in [0, 0.1) is 11.8 Å². The first-order chi connectivity index (χ1) is 6.31. The Kier molecular flexibility index (Phi) is 9.25. The van der Waals surface area contributed by atoms with E-state index in [0.717, 1.165) is 25.7 Å². The van der Waals surface area contributed by atoms with Crippen LogP contribution in [0.5, 0.6) is 0 Å². The van der Waals surface area contributed by atoms with Gasteiger partial charge in [-0.1, -0.05) is 39.0 Å². The lowest BCUT2D eigenvalue weighted by Gasteiger charge is -2.00. The van der Waals surface area contributed by atoms with E-state index in [0.29, 0.717) is 0 Å². The minimum absolute atomic E-state index is 0.386. The molecule has 0 fully saturated rings. The van der Waals surface area contributed by atoms with Crippen LogP contribution in [-0.2, 0) is 0 Å². The zero-order chi connectivity index (χ0) is 9.94. The fourth-order valence-electron chi connectivity index (χ4n) is 1.12. The Morgan fingerprint density at radius 2 is 1.77 bits per heavy atom. The van der Waals surface area contributed by atoms with Crippen molar-refractivity contribution < 1.29 is 5.11 Å². The maximum Gasteiger partial charge on any atom is 0.114 e. The standard InChI is InChI=1S/C12H22O/c1-3-5-7-9-11-12(13)10-8-6-4-2/h12-13H,3-8,10H2,1-2H3/t12-/m0/s1. The lowest BCUT2D eigenvalue weighted by molar-refractivity contribution is 0.217. The van der Waals surface area contributed by atoms with Crippen molar-refractivity contribution in [2.24, 2.45) is 0 Å². The van der Waals surface area contributed by atoms with Crippen LogP contribution in [0.3, 0.4) is 0 Å². The van der Waals surface area contributed by atoms with Crippen LogP contribution in [0.15, 0.2) is 0 Å². The van der Waals surface area contributed by atoms with Gasteiger partial charge in [-0.2, -0.15) is 0 Å². The summed E-state index contributed by atoms with van der Waals surface area (Å²) in [6, 6.07) is 0. The minimum Gasteiger partial charge on any atom is -0.380 e. The topological polar surface area (TPSA) is 20.2 Å². The molecule has 0 heterocycles. The Balaban J connectivity index is 3.35. The van der Waals surface area contributed by atoms with Gasteiger partial charge in [0.2, 0.25) is 0 Å². The first-order valence-corrected chi connectivity index (χ1v) is 5.47. The average molecular weight is 182 g/mol. The largest absolute Gasteiger partial charge is 0.380 e. The summed E-state index contributed by atoms with van der Waals surface area (Å²) in [5.41, 5.74) is 0. The number of aliphatic hydroxyl groups excluding tert-OH is 1. The molecule has 0 radical (unpaired) electrons. The second kappa shape index (κ2) is 9.61. The van der Waals surface area contributed by atoms with Gasteiger partial charge < -0.3 is 5.11 Å². The van der Waals surface area contributed by atoms with Crippen LogP contribution in [-0.4, -0.2) is 11.2 Å². The molecule has 0 aromatic rings. The molecule has 1 atom stereocenters. The summed E-state index contributed by atoms with van der Waals surface area (Å²) in [7, 11) is 0. The first kappa shape index (κ1) is 12.5. The van der Waals surface area contributed by atoms with Crippen LogP contribution in [0.25, 0.3) is 0 Å². The zero-order valence-corrected chi connectivity index (χ0v) is 8.97. The van der Waals surface area contributed by atoms with Crippen molar-refractivity contribution in [3.05, 3.63) is 0 Å². The summed E-state index contributed by atoms with van der Waals surface area (Å²) in [5, 5.41) is 9.40. The van der Waals surface area contributed by atoms with Gasteiger partial charge in [-0.05, 0) is 19.3 Å². The zero-order valence-electron chi connectivity index (χ0n) is 8.97. The van der Waals surface area contributed by atoms with Gasteiger partial charge >= 0.3 is 0 Å². The van der Waals surface area contributed by atoms with Gasteiger partial charge in [0.05, 0.1) is 0 Å². The van der Waals surface area contributed by atoms with Crippen LogP contribution < -0.4 is 0 Å². The predicted octanol–water partition coefficient (Wildman–Crippen LogP) is 3.12. The molecule has 76 valence electrons. The summed E-state index contributed by atoms with van der Waals surface area (Å²) in [4.78, 5) is 0. The lowest BCUT2D eigenvalue weighted by Crippen LogP contribution is -2.01. The van der Waals surface area contributed by atoms with E-state index in [9.17, 15) is 5.11 Å². The number of rotatable bonds is 6. The summed E-state index contributed by atoms with van der Waals surface area (Å²) >= 11 is 0. The highest BCUT2D eigenvalue weighted by Gasteiger charge is 1.96. The van der Waals surface area contributed by atoms with Gasteiger partial charge in [-0.25, -0.2) is 0 Å². The van der Waals surface area contributed by atoms with Crippen LogP contribution in [0.4, 0.5) is 0 Å². The van der Waals surface area contributed by atoms with Crippen LogP contribution in [0.2, 0.25) is 0 Å². The molecule has 0 aromatic heterocycles. The van der Waals surface area contributed by atoms with Crippen molar-refractivity contribution in [1.29, 1.82) is 0 Å². The molecule has 1 heteroatoms. The van der Waals surface area contributed by atoms with Gasteiger partial charge in [-0.3, -0.25) is 0 Å². The lowest BCUT2D eigenvalue weighted by atomic mass is 10.1. The van der Waals surface area contributed by atoms with E-state index >= 15 is 0 Å². The molecule has 0 aromatic carbocycles. The van der Waals surface area contributed by atoms with E-state index in [1.165, 1.54) is 19.3 Å². The highest BCUT2D eigenvalue weighted by Crippen LogP contribution is 2.02. The minimum atomic E-state index is -0.386. The first-order valence-electron chi connectivity index (χ1n) is 5.47. The molecular formula is C12H22O. The maximum absolute atomic E-state index is 9.40. The molecule has 0 rings (SSSR count). The molecule has 0 amide bonds. The van der Waals surface area contributed by atoms with Crippen molar-refractivity contribution in [2.75, 3.05) is 0 Å². The molecule has 0 saturated carbocycles. The summed E-state index contributed by atoms with van der Waals surface area (Å²) in [5.74, 6) is 5.89. The predicted molar refractivity (Wildman–Crippen MR) is 57.4 cm³/mol. The number of aliphatic hydroxyl groups is 1. The van der Waals surface area contributed by atoms with Crippen molar-refractivity contribution in [3.63, 3.8) is 0 Å². The van der Waals surface area contributed by atoms with E-state index in [4.69, 9.17) is 0 Å². The van der Waals surface area contributed by atoms with Gasteiger partial charge in [0.1, 0.15) is 6.10 Å². The third-order valence-corrected chi connectivity index (χ3v) is 2.01. The molecule has 0 aliphatic carbocycles. The van der Waals surface area contributed by atoms with Crippen molar-refractivity contribution in [2.45, 2.75) is 64.9 Å². The maximum atomic E-state index is 9.40. The fourth-order valence-corrected chi connectivity index (χ4v) is 1.12. The van der Waals surface area contributed by atoms with E-state index in [-0.39, 0.29) is 6.10 Å². The number of unbranched alkanes of at least 4 members (excludes halogenated alkanes) is 4. The van der Waals surface area contributed by atoms with E-state index in [1.807, 2.05) is 0 Å². The SMILES string of the molecule is CCCCC#C[C@@H](O)CCCCC. The van der Waals surface area contributed by atoms with E-state index in [2.05, 4.69) is 25.7 Å². The van der Waals surface area contributed by atoms with E-state index < -0.39 is 0 Å². The molecule has 0 aliphatic heterocycles. The number of hydrogen-bond donors (Lipinski definition) is 1. The fraction of sp³-hybridized carbons (Fsp3) is 0.833. The number of hydrogen-bond acceptors (Lipinski definition) is 1. The average Bonchev–Trinajstić information content (AvgIpc) is 2.13. The molecule has 0 unspecified atom stereocenters. The van der Waals surface area contributed by atoms with Crippen LogP contribution >= 0.6 is 0 Å². The van der Waals surface area contributed by atoms with E-state index in [1.54, 1.807) is 0 Å². The molecule has 1 nitrogen and oxygen atoms in total. The Labute approximate surface area is 82.5 Å². The monoisotopic (exact) mass is 182 g/mol. The van der Waals surface area contributed by atoms with Gasteiger partial charge in [0.25, 0.3) is 0 Å². The van der Waals surface area contributed by atoms with Gasteiger partial charge in [0, 0.05) is 6.42 Å². The Hall–Kier alpha value is -0.480. The Morgan fingerprint density at radius 1 is 1.08 bits per heavy atom. The van der Waals surface area contributed by atoms with Gasteiger partial charge in [0.15, 0.2) is 0 Å². The third-order valence-electron chi connectivity index (χ3n) is 2.01. The molecular weight excluding hydrogens is 160 g/mol. The molecule has 0 spiro atoms. The smallest absolute Gasteiger partial charge is 0.114 e. The summed E-state index contributed by atoms with van der Waals surface area (Å²) < 4.78 is 0. The molecule has 0 saturated heterocycles. The van der Waals surface area contributed by atoms with Gasteiger partial charge in [-0.15, -0.1) is 5.92 Å². The second-order valence-electron chi connectivity index (χ2n) is 3.44. The quantitative estimate of drug-likeness (QED) is 0.494. The molecule has 1 N–H and O–H groups in total. The van der Waals surface area contributed by atoms with Crippen molar-refractivity contribution in [3.8, 4) is 11.8 Å². The van der Waals surface area contributed by atoms with Crippen molar-refractivity contribution in [1.82, 2.24) is 0 Å². The Morgan fingerprint density at radius 3 is 2.38 bits per heavy atom. The highest BCUT2D eigenvalue weighted by molar-refractivity contribution is 5.04. The highest BCUT2D eigenvalue weighted by atomic mass is 16.3. The molecule has 0 bridgehead atoms. The second-order valence-corrected chi connectivity index (χ2v) is 3.44. The summed E-state index contributed by atoms with van der Waals surface area (Å²) in [6.07, 6.45) is 7.22. The van der Waals surface area contributed by atoms with Crippen molar-refractivity contribution >= 4 is 0 Å². The molecule has 13 heavy (non-hydrogen) atoms.